The van der Waals surface area contributed by atoms with Crippen LogP contribution in [0.3, 0.4) is 0 Å². The van der Waals surface area contributed by atoms with E-state index in [1.807, 2.05) is 0 Å². The normalized spacial score (nSPS) is 19.8. The first-order valence-electron chi connectivity index (χ1n) is 8.10. The van der Waals surface area contributed by atoms with Gasteiger partial charge in [0.1, 0.15) is 0 Å². The summed E-state index contributed by atoms with van der Waals surface area (Å²) in [4.78, 5) is 35.6. The minimum Gasteiger partial charge on any atom is -0.452 e. The van der Waals surface area contributed by atoms with Gasteiger partial charge in [-0.3, -0.25) is 10.1 Å². The number of imide groups is 1. The molecule has 1 aliphatic rings. The molecule has 0 spiro atoms. The fourth-order valence-corrected chi connectivity index (χ4v) is 3.35. The van der Waals surface area contributed by atoms with Crippen LogP contribution in [-0.2, 0) is 9.53 Å². The summed E-state index contributed by atoms with van der Waals surface area (Å²) in [6.07, 6.45) is 4.15. The summed E-state index contributed by atoms with van der Waals surface area (Å²) in [5.74, 6) is -1.18. The Morgan fingerprint density at radius 1 is 1.16 bits per heavy atom. The molecule has 3 amide bonds. The van der Waals surface area contributed by atoms with Crippen LogP contribution in [0.4, 0.5) is 4.79 Å². The number of carbonyl (C=O) groups excluding carboxylic acids is 3. The van der Waals surface area contributed by atoms with Crippen LogP contribution in [0.1, 0.15) is 43.0 Å². The predicted octanol–water partition coefficient (Wildman–Crippen LogP) is 3.55. The second kappa shape index (κ2) is 9.06. The number of carbonyl (C=O) groups is 3. The van der Waals surface area contributed by atoms with E-state index < -0.39 is 24.5 Å². The number of halogens is 2. The van der Waals surface area contributed by atoms with Gasteiger partial charge in [-0.15, -0.1) is 0 Å². The molecule has 25 heavy (non-hydrogen) atoms. The highest BCUT2D eigenvalue weighted by Gasteiger charge is 2.24. The molecule has 2 N–H and O–H groups in total. The number of hydrogen-bond donors (Lipinski definition) is 2. The first-order chi connectivity index (χ1) is 11.9. The van der Waals surface area contributed by atoms with E-state index in [0.717, 1.165) is 25.7 Å². The van der Waals surface area contributed by atoms with Gasteiger partial charge >= 0.3 is 12.0 Å². The fourth-order valence-electron chi connectivity index (χ4n) is 2.79. The van der Waals surface area contributed by atoms with Gasteiger partial charge < -0.3 is 10.1 Å². The molecule has 2 rings (SSSR count). The molecule has 1 aromatic carbocycles. The molecule has 1 saturated carbocycles. The molecule has 0 unspecified atom stereocenters. The number of nitrogens with one attached hydrogen (secondary N) is 2. The molecule has 0 heterocycles. The SMILES string of the molecule is C[C@@H]1CCCC[C@@H]1NC(=O)NC(=O)COC(=O)c1c(Cl)cccc1Cl. The van der Waals surface area contributed by atoms with E-state index in [2.05, 4.69) is 17.6 Å². The van der Waals surface area contributed by atoms with Crippen molar-refractivity contribution in [2.24, 2.45) is 5.92 Å². The molecule has 6 nitrogen and oxygen atoms in total. The predicted molar refractivity (Wildman–Crippen MR) is 94.8 cm³/mol. The first-order valence-corrected chi connectivity index (χ1v) is 8.85. The Morgan fingerprint density at radius 2 is 1.80 bits per heavy atom. The number of rotatable bonds is 4. The van der Waals surface area contributed by atoms with E-state index in [0.29, 0.717) is 5.92 Å². The monoisotopic (exact) mass is 386 g/mol. The van der Waals surface area contributed by atoms with Crippen molar-refractivity contribution in [3.8, 4) is 0 Å². The van der Waals surface area contributed by atoms with E-state index in [9.17, 15) is 14.4 Å². The maximum Gasteiger partial charge on any atom is 0.341 e. The lowest BCUT2D eigenvalue weighted by atomic mass is 9.86. The largest absolute Gasteiger partial charge is 0.452 e. The third-order valence-electron chi connectivity index (χ3n) is 4.18. The minimum absolute atomic E-state index is 0.0147. The molecule has 1 aromatic rings. The lowest BCUT2D eigenvalue weighted by Crippen LogP contribution is -2.48. The van der Waals surface area contributed by atoms with Crippen LogP contribution in [0.25, 0.3) is 0 Å². The van der Waals surface area contributed by atoms with Crippen molar-refractivity contribution in [1.29, 1.82) is 0 Å². The Bertz CT molecular complexity index is 646. The standard InChI is InChI=1S/C17H20Cl2N2O4/c1-10-5-2-3-8-13(10)20-17(24)21-14(22)9-25-16(23)15-11(18)6-4-7-12(15)19/h4,6-7,10,13H,2-3,5,8-9H2,1H3,(H2,20,21,22,24)/t10-,13+/m1/s1. The average Bonchev–Trinajstić information content (AvgIpc) is 2.55. The van der Waals surface area contributed by atoms with E-state index in [1.54, 1.807) is 6.07 Å². The smallest absolute Gasteiger partial charge is 0.341 e. The second-order valence-electron chi connectivity index (χ2n) is 6.06. The minimum atomic E-state index is -0.827. The zero-order valence-corrected chi connectivity index (χ0v) is 15.3. The molecule has 0 aliphatic heterocycles. The molecule has 1 aliphatic carbocycles. The Kier molecular flexibility index (Phi) is 7.08. The van der Waals surface area contributed by atoms with Crippen LogP contribution < -0.4 is 10.6 Å². The number of hydrogen-bond acceptors (Lipinski definition) is 4. The Morgan fingerprint density at radius 3 is 2.44 bits per heavy atom. The molecule has 8 heteroatoms. The third kappa shape index (κ3) is 5.61. The lowest BCUT2D eigenvalue weighted by Gasteiger charge is -2.29. The zero-order chi connectivity index (χ0) is 18.4. The molecule has 1 fully saturated rings. The Hall–Kier alpha value is -1.79. The van der Waals surface area contributed by atoms with Gasteiger partial charge in [-0.05, 0) is 30.9 Å². The molecule has 0 aromatic heterocycles. The molecular weight excluding hydrogens is 367 g/mol. The summed E-state index contributed by atoms with van der Waals surface area (Å²) in [6, 6.07) is 4.03. The summed E-state index contributed by atoms with van der Waals surface area (Å²) in [7, 11) is 0. The number of ether oxygens (including phenoxy) is 1. The van der Waals surface area contributed by atoms with Crippen LogP contribution in [0.15, 0.2) is 18.2 Å². The highest BCUT2D eigenvalue weighted by Crippen LogP contribution is 2.25. The van der Waals surface area contributed by atoms with E-state index in [1.165, 1.54) is 12.1 Å². The van der Waals surface area contributed by atoms with Gasteiger partial charge in [-0.2, -0.15) is 0 Å². The van der Waals surface area contributed by atoms with Gasteiger partial charge in [0, 0.05) is 6.04 Å². The van der Waals surface area contributed by atoms with Gasteiger partial charge in [-0.1, -0.05) is 49.0 Å². The fraction of sp³-hybridized carbons (Fsp3) is 0.471. The topological polar surface area (TPSA) is 84.5 Å². The van der Waals surface area contributed by atoms with Crippen molar-refractivity contribution >= 4 is 41.1 Å². The Labute approximate surface area is 156 Å². The summed E-state index contributed by atoms with van der Waals surface area (Å²) >= 11 is 11.8. The third-order valence-corrected chi connectivity index (χ3v) is 4.81. The summed E-state index contributed by atoms with van der Waals surface area (Å²) in [5, 5.41) is 5.19. The van der Waals surface area contributed by atoms with Gasteiger partial charge in [0.25, 0.3) is 5.91 Å². The highest BCUT2D eigenvalue weighted by atomic mass is 35.5. The average molecular weight is 387 g/mol. The zero-order valence-electron chi connectivity index (χ0n) is 13.8. The van der Waals surface area contributed by atoms with Crippen molar-refractivity contribution in [2.45, 2.75) is 38.6 Å². The van der Waals surface area contributed by atoms with Crippen LogP contribution in [0, 0.1) is 5.92 Å². The summed E-state index contributed by atoms with van der Waals surface area (Å²) < 4.78 is 4.86. The first kappa shape index (κ1) is 19.5. The molecule has 0 radical (unpaired) electrons. The van der Waals surface area contributed by atoms with Crippen LogP contribution in [-0.4, -0.2) is 30.6 Å². The maximum atomic E-state index is 12.0. The molecule has 0 saturated heterocycles. The number of esters is 1. The summed E-state index contributed by atoms with van der Waals surface area (Å²) in [5.41, 5.74) is -0.0147. The molecule has 0 bridgehead atoms. The molecule has 136 valence electrons. The van der Waals surface area contributed by atoms with Crippen molar-refractivity contribution in [2.75, 3.05) is 6.61 Å². The van der Waals surface area contributed by atoms with Crippen molar-refractivity contribution in [3.63, 3.8) is 0 Å². The quantitative estimate of drug-likeness (QED) is 0.774. The van der Waals surface area contributed by atoms with Crippen LogP contribution in [0.2, 0.25) is 10.0 Å². The maximum absolute atomic E-state index is 12.0. The molecule has 2 atom stereocenters. The van der Waals surface area contributed by atoms with Gasteiger partial charge in [0.15, 0.2) is 6.61 Å². The number of urea groups is 1. The lowest BCUT2D eigenvalue weighted by molar-refractivity contribution is -0.123. The van der Waals surface area contributed by atoms with Crippen molar-refractivity contribution in [3.05, 3.63) is 33.8 Å². The Balaban J connectivity index is 1.80. The van der Waals surface area contributed by atoms with Crippen LogP contribution in [0.5, 0.6) is 0 Å². The highest BCUT2D eigenvalue weighted by molar-refractivity contribution is 6.39. The van der Waals surface area contributed by atoms with E-state index in [-0.39, 0.29) is 21.7 Å². The van der Waals surface area contributed by atoms with Crippen molar-refractivity contribution in [1.82, 2.24) is 10.6 Å². The van der Waals surface area contributed by atoms with E-state index in [4.69, 9.17) is 27.9 Å². The summed E-state index contributed by atoms with van der Waals surface area (Å²) in [6.45, 7) is 1.47. The van der Waals surface area contributed by atoms with Crippen LogP contribution >= 0.6 is 23.2 Å². The number of amides is 3. The van der Waals surface area contributed by atoms with Crippen molar-refractivity contribution < 1.29 is 19.1 Å². The van der Waals surface area contributed by atoms with Gasteiger partial charge in [0.05, 0.1) is 15.6 Å². The number of benzene rings is 1. The second-order valence-corrected chi connectivity index (χ2v) is 6.88. The molecular formula is C17H20Cl2N2O4. The van der Waals surface area contributed by atoms with Gasteiger partial charge in [-0.25, -0.2) is 9.59 Å². The van der Waals surface area contributed by atoms with Gasteiger partial charge in [0.2, 0.25) is 0 Å². The van der Waals surface area contributed by atoms with E-state index >= 15 is 0 Å².